The molecule has 0 radical (unpaired) electrons. The van der Waals surface area contributed by atoms with E-state index in [0.29, 0.717) is 0 Å². The van der Waals surface area contributed by atoms with E-state index in [0.717, 1.165) is 22.5 Å². The number of nitrogens with zero attached hydrogens (tertiary/aromatic N) is 2. The molecule has 0 aromatic heterocycles. The molecule has 30 heavy (non-hydrogen) atoms. The van der Waals surface area contributed by atoms with E-state index in [1.165, 1.54) is 24.3 Å². The summed E-state index contributed by atoms with van der Waals surface area (Å²) in [5.41, 5.74) is -1.18. The van der Waals surface area contributed by atoms with E-state index in [2.05, 4.69) is 5.32 Å². The van der Waals surface area contributed by atoms with E-state index in [-0.39, 0.29) is 38.4 Å². The zero-order chi connectivity index (χ0) is 21.9. The van der Waals surface area contributed by atoms with Crippen LogP contribution in [-0.4, -0.2) is 56.3 Å². The molecular weight excluding hydrogens is 426 g/mol. The fraction of sp³-hybridized carbons (Fsp3) is 0.316. The Morgan fingerprint density at radius 2 is 1.57 bits per heavy atom. The highest BCUT2D eigenvalue weighted by Gasteiger charge is 2.39. The molecule has 1 aliphatic heterocycles. The van der Waals surface area contributed by atoms with E-state index in [1.54, 1.807) is 11.0 Å². The van der Waals surface area contributed by atoms with Crippen LogP contribution in [0.2, 0.25) is 0 Å². The molecule has 1 fully saturated rings. The van der Waals surface area contributed by atoms with Gasteiger partial charge in [0.15, 0.2) is 0 Å². The van der Waals surface area contributed by atoms with Gasteiger partial charge in [0.2, 0.25) is 15.9 Å². The summed E-state index contributed by atoms with van der Waals surface area (Å²) in [6.45, 7) is 0.0700. The monoisotopic (exact) mass is 445 g/mol. The van der Waals surface area contributed by atoms with Crippen LogP contribution in [0.1, 0.15) is 5.56 Å². The van der Waals surface area contributed by atoms with Crippen molar-refractivity contribution < 1.29 is 30.8 Å². The Morgan fingerprint density at radius 3 is 2.20 bits per heavy atom. The van der Waals surface area contributed by atoms with Crippen LogP contribution in [0.3, 0.4) is 0 Å². The van der Waals surface area contributed by atoms with E-state index >= 15 is 0 Å². The predicted molar refractivity (Wildman–Crippen MR) is 102 cm³/mol. The van der Waals surface area contributed by atoms with Gasteiger partial charge >= 0.3 is 6.18 Å². The molecule has 11 heteroatoms. The molecule has 1 N–H and O–H groups in total. The Labute approximate surface area is 171 Å². The van der Waals surface area contributed by atoms with Crippen LogP contribution in [0.5, 0.6) is 0 Å². The number of carbonyl (C=O) groups excluding carboxylic acids is 1. The fourth-order valence-electron chi connectivity index (χ4n) is 3.15. The number of para-hydroxylation sites is 1. The largest absolute Gasteiger partial charge is 0.417 e. The molecule has 2 aromatic carbocycles. The maximum atomic E-state index is 13.6. The summed E-state index contributed by atoms with van der Waals surface area (Å²) in [5.74, 6) is -1.05. The van der Waals surface area contributed by atoms with E-state index in [1.807, 2.05) is 0 Å². The number of sulfonamides is 1. The smallest absolute Gasteiger partial charge is 0.322 e. The molecule has 3 rings (SSSR count). The quantitative estimate of drug-likeness (QED) is 0.719. The van der Waals surface area contributed by atoms with Crippen molar-refractivity contribution >= 4 is 21.6 Å². The zero-order valence-corrected chi connectivity index (χ0v) is 16.5. The number of hydrogen-bond donors (Lipinski definition) is 1. The van der Waals surface area contributed by atoms with E-state index < -0.39 is 38.4 Å². The lowest BCUT2D eigenvalue weighted by molar-refractivity contribution is -0.140. The van der Waals surface area contributed by atoms with Crippen LogP contribution in [0, 0.1) is 5.82 Å². The van der Waals surface area contributed by atoms with Crippen molar-refractivity contribution in [2.45, 2.75) is 11.1 Å². The summed E-state index contributed by atoms with van der Waals surface area (Å²) < 4.78 is 79.7. The molecule has 0 aliphatic carbocycles. The van der Waals surface area contributed by atoms with Gasteiger partial charge in [-0.15, -0.1) is 0 Å². The third-order valence-electron chi connectivity index (χ3n) is 4.66. The van der Waals surface area contributed by atoms with Crippen molar-refractivity contribution in [1.29, 1.82) is 0 Å². The number of hydrogen-bond acceptors (Lipinski definition) is 4. The van der Waals surface area contributed by atoms with Gasteiger partial charge < -0.3 is 5.32 Å². The second kappa shape index (κ2) is 8.70. The first-order valence-electron chi connectivity index (χ1n) is 9.02. The van der Waals surface area contributed by atoms with Gasteiger partial charge in [0.1, 0.15) is 5.82 Å². The molecule has 0 unspecified atom stereocenters. The Bertz CT molecular complexity index is 1020. The topological polar surface area (TPSA) is 69.7 Å². The second-order valence-corrected chi connectivity index (χ2v) is 8.61. The number of amides is 1. The summed E-state index contributed by atoms with van der Waals surface area (Å²) in [5, 5.41) is 2.44. The number of rotatable bonds is 5. The number of nitrogens with one attached hydrogen (secondary N) is 1. The average molecular weight is 445 g/mol. The van der Waals surface area contributed by atoms with Crippen LogP contribution in [0.4, 0.5) is 23.2 Å². The van der Waals surface area contributed by atoms with Gasteiger partial charge in [-0.1, -0.05) is 24.3 Å². The molecule has 0 bridgehead atoms. The Kier molecular flexibility index (Phi) is 6.44. The number of piperazine rings is 1. The van der Waals surface area contributed by atoms with Crippen molar-refractivity contribution in [3.05, 3.63) is 59.9 Å². The first-order valence-corrected chi connectivity index (χ1v) is 10.5. The summed E-state index contributed by atoms with van der Waals surface area (Å²) in [7, 11) is -4.35. The van der Waals surface area contributed by atoms with Crippen molar-refractivity contribution in [3.8, 4) is 0 Å². The lowest BCUT2D eigenvalue weighted by atomic mass is 10.2. The molecule has 1 amide bonds. The summed E-state index contributed by atoms with van der Waals surface area (Å²) in [4.78, 5) is 13.0. The molecule has 0 atom stereocenters. The standard InChI is InChI=1S/C19H19F4N3O3S/c20-15-6-2-3-7-16(15)24-18(27)13-25-9-11-26(12-10-25)30(28,29)17-8-4-1-5-14(17)19(21,22)23/h1-8H,9-13H2,(H,24,27). The predicted octanol–water partition coefficient (Wildman–Crippen LogP) is 2.79. The fourth-order valence-corrected chi connectivity index (χ4v) is 4.78. The minimum absolute atomic E-state index is 0.0347. The summed E-state index contributed by atoms with van der Waals surface area (Å²) >= 11 is 0. The molecule has 1 aliphatic rings. The highest BCUT2D eigenvalue weighted by molar-refractivity contribution is 7.89. The Morgan fingerprint density at radius 1 is 0.967 bits per heavy atom. The van der Waals surface area contributed by atoms with Crippen LogP contribution in [-0.2, 0) is 21.0 Å². The first-order chi connectivity index (χ1) is 14.1. The molecule has 6 nitrogen and oxygen atoms in total. The van der Waals surface area contributed by atoms with Gasteiger partial charge in [-0.25, -0.2) is 12.8 Å². The second-order valence-electron chi connectivity index (χ2n) is 6.70. The van der Waals surface area contributed by atoms with Crippen LogP contribution >= 0.6 is 0 Å². The number of carbonyl (C=O) groups is 1. The van der Waals surface area contributed by atoms with Gasteiger partial charge in [-0.2, -0.15) is 17.5 Å². The number of benzene rings is 2. The Balaban J connectivity index is 1.63. The van der Waals surface area contributed by atoms with Crippen LogP contribution < -0.4 is 5.32 Å². The normalized spacial score (nSPS) is 16.4. The van der Waals surface area contributed by atoms with Gasteiger partial charge in [-0.05, 0) is 24.3 Å². The maximum Gasteiger partial charge on any atom is 0.417 e. The highest BCUT2D eigenvalue weighted by atomic mass is 32.2. The lowest BCUT2D eigenvalue weighted by Crippen LogP contribution is -2.50. The minimum Gasteiger partial charge on any atom is -0.322 e. The lowest BCUT2D eigenvalue weighted by Gasteiger charge is -2.34. The van der Waals surface area contributed by atoms with Crippen LogP contribution in [0.15, 0.2) is 53.4 Å². The number of alkyl halides is 3. The third-order valence-corrected chi connectivity index (χ3v) is 6.61. The zero-order valence-electron chi connectivity index (χ0n) is 15.7. The third kappa shape index (κ3) is 4.97. The van der Waals surface area contributed by atoms with E-state index in [9.17, 15) is 30.8 Å². The van der Waals surface area contributed by atoms with Gasteiger partial charge in [0, 0.05) is 26.2 Å². The first kappa shape index (κ1) is 22.2. The van der Waals surface area contributed by atoms with Gasteiger partial charge in [0.25, 0.3) is 0 Å². The van der Waals surface area contributed by atoms with Crippen molar-refractivity contribution in [2.75, 3.05) is 38.0 Å². The maximum absolute atomic E-state index is 13.6. The number of anilines is 1. The molecule has 0 spiro atoms. The highest BCUT2D eigenvalue weighted by Crippen LogP contribution is 2.35. The molecule has 162 valence electrons. The molecule has 0 saturated carbocycles. The van der Waals surface area contributed by atoms with Gasteiger partial charge in [0.05, 0.1) is 22.7 Å². The van der Waals surface area contributed by atoms with Crippen LogP contribution in [0.25, 0.3) is 0 Å². The molecular formula is C19H19F4N3O3S. The van der Waals surface area contributed by atoms with E-state index in [4.69, 9.17) is 0 Å². The summed E-state index contributed by atoms with van der Waals surface area (Å²) in [6.07, 6.45) is -4.80. The molecule has 2 aromatic rings. The SMILES string of the molecule is O=C(CN1CCN(S(=O)(=O)c2ccccc2C(F)(F)F)CC1)Nc1ccccc1F. The summed E-state index contributed by atoms with van der Waals surface area (Å²) in [6, 6.07) is 9.72. The average Bonchev–Trinajstić information content (AvgIpc) is 2.69. The Hall–Kier alpha value is -2.50. The minimum atomic E-state index is -4.80. The molecule has 1 heterocycles. The van der Waals surface area contributed by atoms with Crippen molar-refractivity contribution in [3.63, 3.8) is 0 Å². The van der Waals surface area contributed by atoms with Crippen molar-refractivity contribution in [2.24, 2.45) is 0 Å². The van der Waals surface area contributed by atoms with Crippen molar-refractivity contribution in [1.82, 2.24) is 9.21 Å². The van der Waals surface area contributed by atoms with Gasteiger partial charge in [-0.3, -0.25) is 9.69 Å². The molecule has 1 saturated heterocycles. The number of halogens is 4.